The van der Waals surface area contributed by atoms with Gasteiger partial charge in [-0.1, -0.05) is 23.2 Å². The molecule has 24 heavy (non-hydrogen) atoms. The molecule has 1 aromatic rings. The second kappa shape index (κ2) is 8.02. The molecule has 1 atom stereocenters. The summed E-state index contributed by atoms with van der Waals surface area (Å²) in [6.45, 7) is 5.32. The van der Waals surface area contributed by atoms with Crippen LogP contribution >= 0.6 is 23.2 Å². The van der Waals surface area contributed by atoms with Crippen LogP contribution in [-0.4, -0.2) is 47.0 Å². The smallest absolute Gasteiger partial charge is 0.237 e. The number of amides is 1. The minimum Gasteiger partial charge on any atom is -0.367 e. The van der Waals surface area contributed by atoms with Gasteiger partial charge in [0.1, 0.15) is 11.9 Å². The molecule has 2 heterocycles. The average Bonchev–Trinajstić information content (AvgIpc) is 3.00. The van der Waals surface area contributed by atoms with Gasteiger partial charge in [0.25, 0.3) is 0 Å². The fourth-order valence-corrected chi connectivity index (χ4v) is 2.97. The molecule has 0 saturated carbocycles. The Morgan fingerprint density at radius 3 is 2.96 bits per heavy atom. The molecular weight excluding hydrogens is 349 g/mol. The number of nitrogens with zero attached hydrogens (tertiary/aromatic N) is 3. The zero-order valence-corrected chi connectivity index (χ0v) is 15.3. The van der Waals surface area contributed by atoms with E-state index in [1.165, 1.54) is 6.20 Å². The Bertz CT molecular complexity index is 644. The lowest BCUT2D eigenvalue weighted by Gasteiger charge is -2.28. The molecule has 0 bridgehead atoms. The van der Waals surface area contributed by atoms with Gasteiger partial charge in [0.2, 0.25) is 5.91 Å². The van der Waals surface area contributed by atoms with Gasteiger partial charge in [0.15, 0.2) is 0 Å². The number of likely N-dealkylation sites (tertiary alicyclic amines) is 1. The normalized spacial score (nSPS) is 17.6. The lowest BCUT2D eigenvalue weighted by Crippen LogP contribution is -2.50. The molecule has 1 aliphatic rings. The van der Waals surface area contributed by atoms with Gasteiger partial charge in [0.05, 0.1) is 22.7 Å². The first-order valence-electron chi connectivity index (χ1n) is 7.81. The molecule has 0 aromatic carbocycles. The number of pyridine rings is 1. The summed E-state index contributed by atoms with van der Waals surface area (Å²) >= 11 is 11.9. The maximum atomic E-state index is 12.3. The van der Waals surface area contributed by atoms with Crippen molar-refractivity contribution in [2.45, 2.75) is 38.3 Å². The van der Waals surface area contributed by atoms with Crippen LogP contribution in [-0.2, 0) is 4.79 Å². The van der Waals surface area contributed by atoms with Crippen LogP contribution < -0.4 is 10.6 Å². The van der Waals surface area contributed by atoms with Crippen molar-refractivity contribution < 1.29 is 4.79 Å². The van der Waals surface area contributed by atoms with Crippen LogP contribution in [0.25, 0.3) is 0 Å². The fraction of sp³-hybridized carbons (Fsp3) is 0.562. The zero-order chi connectivity index (χ0) is 17.7. The van der Waals surface area contributed by atoms with E-state index in [0.29, 0.717) is 29.0 Å². The molecule has 1 fully saturated rings. The van der Waals surface area contributed by atoms with Crippen molar-refractivity contribution >= 4 is 34.9 Å². The monoisotopic (exact) mass is 369 g/mol. The van der Waals surface area contributed by atoms with Crippen molar-refractivity contribution in [1.29, 1.82) is 5.26 Å². The highest BCUT2D eigenvalue weighted by Crippen LogP contribution is 2.23. The van der Waals surface area contributed by atoms with E-state index in [-0.39, 0.29) is 24.0 Å². The Labute approximate surface area is 152 Å². The lowest BCUT2D eigenvalue weighted by atomic mass is 10.1. The van der Waals surface area contributed by atoms with Gasteiger partial charge in [-0.3, -0.25) is 4.79 Å². The summed E-state index contributed by atoms with van der Waals surface area (Å²) in [5.74, 6) is 0.501. The first-order chi connectivity index (χ1) is 11.3. The van der Waals surface area contributed by atoms with E-state index >= 15 is 0 Å². The molecule has 1 amide bonds. The van der Waals surface area contributed by atoms with Crippen LogP contribution in [0.3, 0.4) is 0 Å². The molecule has 0 aliphatic carbocycles. The molecule has 0 spiro atoms. The van der Waals surface area contributed by atoms with Crippen LogP contribution in [0.4, 0.5) is 5.82 Å². The van der Waals surface area contributed by atoms with Crippen LogP contribution in [0.2, 0.25) is 10.0 Å². The van der Waals surface area contributed by atoms with Gasteiger partial charge >= 0.3 is 0 Å². The molecule has 1 unspecified atom stereocenters. The van der Waals surface area contributed by atoms with Crippen LogP contribution in [0.1, 0.15) is 26.7 Å². The quantitative estimate of drug-likeness (QED) is 0.805. The predicted octanol–water partition coefficient (Wildman–Crippen LogP) is 2.68. The first kappa shape index (κ1) is 18.8. The van der Waals surface area contributed by atoms with Crippen molar-refractivity contribution in [2.75, 3.05) is 25.0 Å². The number of hydrogen-bond acceptors (Lipinski definition) is 5. The second-order valence-electron chi connectivity index (χ2n) is 6.45. The van der Waals surface area contributed by atoms with Gasteiger partial charge in [-0.25, -0.2) is 4.98 Å². The number of halogens is 2. The lowest BCUT2D eigenvalue weighted by molar-refractivity contribution is -0.130. The van der Waals surface area contributed by atoms with Crippen molar-refractivity contribution in [3.05, 3.63) is 22.3 Å². The molecule has 1 saturated heterocycles. The van der Waals surface area contributed by atoms with E-state index in [9.17, 15) is 4.79 Å². The predicted molar refractivity (Wildman–Crippen MR) is 95.2 cm³/mol. The number of aromatic nitrogens is 1. The Kier molecular flexibility index (Phi) is 6.27. The molecule has 130 valence electrons. The van der Waals surface area contributed by atoms with Gasteiger partial charge in [-0.2, -0.15) is 5.26 Å². The Hall–Kier alpha value is -1.55. The van der Waals surface area contributed by atoms with Crippen LogP contribution in [0.15, 0.2) is 12.3 Å². The van der Waals surface area contributed by atoms with Gasteiger partial charge in [0, 0.05) is 24.8 Å². The SMILES string of the molecule is CC(C)(CNc1ncc(Cl)cc1Cl)NCC(=O)N1CCCC1C#N. The second-order valence-corrected chi connectivity index (χ2v) is 7.29. The highest BCUT2D eigenvalue weighted by Gasteiger charge is 2.29. The highest BCUT2D eigenvalue weighted by atomic mass is 35.5. The third-order valence-electron chi connectivity index (χ3n) is 3.95. The number of nitriles is 1. The molecule has 8 heteroatoms. The van der Waals surface area contributed by atoms with Crippen molar-refractivity contribution in [1.82, 2.24) is 15.2 Å². The van der Waals surface area contributed by atoms with E-state index in [1.807, 2.05) is 13.8 Å². The van der Waals surface area contributed by atoms with E-state index in [4.69, 9.17) is 28.5 Å². The van der Waals surface area contributed by atoms with E-state index in [1.54, 1.807) is 11.0 Å². The van der Waals surface area contributed by atoms with Crippen molar-refractivity contribution in [2.24, 2.45) is 0 Å². The number of nitrogens with one attached hydrogen (secondary N) is 2. The van der Waals surface area contributed by atoms with E-state index in [2.05, 4.69) is 21.7 Å². The Balaban J connectivity index is 1.85. The van der Waals surface area contributed by atoms with Crippen LogP contribution in [0, 0.1) is 11.3 Å². The number of anilines is 1. The largest absolute Gasteiger partial charge is 0.367 e. The van der Waals surface area contributed by atoms with Crippen molar-refractivity contribution in [3.8, 4) is 6.07 Å². The summed E-state index contributed by atoms with van der Waals surface area (Å²) in [4.78, 5) is 18.1. The topological polar surface area (TPSA) is 81.1 Å². The highest BCUT2D eigenvalue weighted by molar-refractivity contribution is 6.35. The molecule has 6 nitrogen and oxygen atoms in total. The Morgan fingerprint density at radius 1 is 1.54 bits per heavy atom. The van der Waals surface area contributed by atoms with Gasteiger partial charge < -0.3 is 15.5 Å². The third-order valence-corrected chi connectivity index (χ3v) is 4.44. The summed E-state index contributed by atoms with van der Waals surface area (Å²) in [5, 5.41) is 16.4. The summed E-state index contributed by atoms with van der Waals surface area (Å²) in [6.07, 6.45) is 3.17. The summed E-state index contributed by atoms with van der Waals surface area (Å²) in [6, 6.07) is 3.51. The number of hydrogen-bond donors (Lipinski definition) is 2. The molecule has 1 aliphatic heterocycles. The molecule has 2 N–H and O–H groups in total. The average molecular weight is 370 g/mol. The first-order valence-corrected chi connectivity index (χ1v) is 8.57. The van der Waals surface area contributed by atoms with E-state index in [0.717, 1.165) is 12.8 Å². The summed E-state index contributed by atoms with van der Waals surface area (Å²) in [5.41, 5.74) is -0.359. The minimum atomic E-state index is -0.359. The summed E-state index contributed by atoms with van der Waals surface area (Å²) < 4.78 is 0. The van der Waals surface area contributed by atoms with Crippen LogP contribution in [0.5, 0.6) is 0 Å². The Morgan fingerprint density at radius 2 is 2.29 bits per heavy atom. The van der Waals surface area contributed by atoms with E-state index < -0.39 is 0 Å². The van der Waals surface area contributed by atoms with Crippen molar-refractivity contribution in [3.63, 3.8) is 0 Å². The fourth-order valence-electron chi connectivity index (χ4n) is 2.53. The maximum Gasteiger partial charge on any atom is 0.237 e. The summed E-state index contributed by atoms with van der Waals surface area (Å²) in [7, 11) is 0. The molecule has 0 radical (unpaired) electrons. The number of carbonyl (C=O) groups is 1. The van der Waals surface area contributed by atoms with Gasteiger partial charge in [-0.15, -0.1) is 0 Å². The third kappa shape index (κ3) is 4.97. The zero-order valence-electron chi connectivity index (χ0n) is 13.8. The number of rotatable bonds is 6. The van der Waals surface area contributed by atoms with Gasteiger partial charge in [-0.05, 0) is 32.8 Å². The standard InChI is InChI=1S/C16H21Cl2N5O/c1-16(2,10-21-15-13(18)6-11(17)8-20-15)22-9-14(24)23-5-3-4-12(23)7-19/h6,8,12,22H,3-5,9-10H2,1-2H3,(H,20,21). The maximum absolute atomic E-state index is 12.3. The molecule has 1 aromatic heterocycles. The minimum absolute atomic E-state index is 0.0465. The number of carbonyl (C=O) groups excluding carboxylic acids is 1. The molecule has 2 rings (SSSR count). The molecular formula is C16H21Cl2N5O.